The lowest BCUT2D eigenvalue weighted by atomic mass is 9.90. The topological polar surface area (TPSA) is 157 Å². The highest BCUT2D eigenvalue weighted by Gasteiger charge is 2.38. The predicted octanol–water partition coefficient (Wildman–Crippen LogP) is 6.38. The Hall–Kier alpha value is -6.53. The molecule has 0 bridgehead atoms. The highest BCUT2D eigenvalue weighted by Crippen LogP contribution is 2.41. The van der Waals surface area contributed by atoms with Crippen LogP contribution in [0.1, 0.15) is 66.6 Å². The van der Waals surface area contributed by atoms with E-state index in [1.165, 1.54) is 28.0 Å². The van der Waals surface area contributed by atoms with E-state index in [-0.39, 0.29) is 29.2 Å². The number of piperazine rings is 1. The van der Waals surface area contributed by atoms with E-state index in [0.29, 0.717) is 78.2 Å². The Morgan fingerprint density at radius 2 is 1.79 bits per heavy atom. The Kier molecular flexibility index (Phi) is 11.7. The van der Waals surface area contributed by atoms with Crippen LogP contribution in [0.3, 0.4) is 0 Å². The second kappa shape index (κ2) is 17.4. The summed E-state index contributed by atoms with van der Waals surface area (Å²) in [6, 6.07) is 13.5. The van der Waals surface area contributed by atoms with Gasteiger partial charge >= 0.3 is 6.18 Å². The van der Waals surface area contributed by atoms with Crippen molar-refractivity contribution in [2.24, 2.45) is 12.5 Å². The number of hydrogen-bond acceptors (Lipinski definition) is 11. The van der Waals surface area contributed by atoms with Gasteiger partial charge in [-0.2, -0.15) is 13.2 Å². The number of aliphatic hydroxyl groups is 1. The van der Waals surface area contributed by atoms with E-state index in [2.05, 4.69) is 62.3 Å². The van der Waals surface area contributed by atoms with Crippen LogP contribution in [0.5, 0.6) is 0 Å². The van der Waals surface area contributed by atoms with Crippen molar-refractivity contribution in [3.05, 3.63) is 112 Å². The standard InChI is InChI=1S/C48H54F3N11O4/c1-6-42(64)54-35-23-31(10-11-37(35)60-19-18-59(26-29(60)2)32-13-16-58(17-14-32)41-9-7-8-40(56-41)48(49,50)51)53-43-46(66)57(5)27-36(55-43)33-12-15-52-44(34(33)28-63)62-21-20-61-38(45(62)65)22-30-24-47(3,4)25-39(30)61/h6-12,15,22-23,27,29,32,63H,1,13-14,16-21,24-26,28H2,2-5H3,(H,53,55)(H,54,64). The van der Waals surface area contributed by atoms with E-state index >= 15 is 0 Å². The number of carbonyl (C=O) groups is 2. The van der Waals surface area contributed by atoms with Crippen LogP contribution in [-0.2, 0) is 44.0 Å². The van der Waals surface area contributed by atoms with Crippen molar-refractivity contribution < 1.29 is 27.9 Å². The molecule has 1 atom stereocenters. The Bertz CT molecular complexity index is 2780. The van der Waals surface area contributed by atoms with Crippen LogP contribution in [0.25, 0.3) is 11.3 Å². The highest BCUT2D eigenvalue weighted by atomic mass is 19.4. The highest BCUT2D eigenvalue weighted by molar-refractivity contribution is 6.06. The summed E-state index contributed by atoms with van der Waals surface area (Å²) in [5.74, 6) is 0.0916. The van der Waals surface area contributed by atoms with Gasteiger partial charge in [-0.05, 0) is 92.1 Å². The van der Waals surface area contributed by atoms with Crippen LogP contribution < -0.4 is 30.9 Å². The molecule has 346 valence electrons. The van der Waals surface area contributed by atoms with E-state index in [1.54, 1.807) is 42.5 Å². The molecule has 2 fully saturated rings. The first kappa shape index (κ1) is 44.7. The molecule has 3 N–H and O–H groups in total. The van der Waals surface area contributed by atoms with Gasteiger partial charge in [-0.15, -0.1) is 0 Å². The minimum absolute atomic E-state index is 0.00665. The number of anilines is 6. The van der Waals surface area contributed by atoms with Crippen LogP contribution >= 0.6 is 0 Å². The smallest absolute Gasteiger partial charge is 0.392 e. The molecule has 7 heterocycles. The third kappa shape index (κ3) is 8.54. The van der Waals surface area contributed by atoms with Gasteiger partial charge in [-0.25, -0.2) is 15.0 Å². The van der Waals surface area contributed by atoms with Gasteiger partial charge in [0.15, 0.2) is 5.82 Å². The van der Waals surface area contributed by atoms with Crippen LogP contribution in [0.4, 0.5) is 47.7 Å². The molecule has 15 nitrogen and oxygen atoms in total. The zero-order valence-corrected chi connectivity index (χ0v) is 37.5. The third-order valence-corrected chi connectivity index (χ3v) is 13.4. The summed E-state index contributed by atoms with van der Waals surface area (Å²) in [5, 5.41) is 16.9. The molecule has 9 rings (SSSR count). The van der Waals surface area contributed by atoms with Crippen molar-refractivity contribution >= 4 is 46.3 Å². The summed E-state index contributed by atoms with van der Waals surface area (Å²) < 4.78 is 43.5. The van der Waals surface area contributed by atoms with Crippen LogP contribution in [0.15, 0.2) is 78.4 Å². The van der Waals surface area contributed by atoms with Gasteiger partial charge in [0.25, 0.3) is 11.5 Å². The lowest BCUT2D eigenvalue weighted by Crippen LogP contribution is -2.57. The van der Waals surface area contributed by atoms with Gasteiger partial charge in [-0.3, -0.25) is 24.2 Å². The average Bonchev–Trinajstić information content (AvgIpc) is 3.79. The first-order valence-electron chi connectivity index (χ1n) is 22.4. The predicted molar refractivity (Wildman–Crippen MR) is 247 cm³/mol. The minimum atomic E-state index is -4.50. The number of nitrogens with one attached hydrogen (secondary N) is 2. The van der Waals surface area contributed by atoms with Crippen LogP contribution in [-0.4, -0.2) is 97.3 Å². The largest absolute Gasteiger partial charge is 0.433 e. The number of amides is 2. The SMILES string of the molecule is C=CC(=O)Nc1cc(Nc2nc(-c3ccnc(N4CCn5c(cc6c5CC(C)(C)C6)C4=O)c3CO)cn(C)c2=O)ccc1N1CCN(C2CCN(c3cccc(C(F)(F)F)n3)CC2)CC1C. The number of aryl methyl sites for hydroxylation is 1. The Morgan fingerprint density at radius 3 is 2.52 bits per heavy atom. The zero-order chi connectivity index (χ0) is 46.7. The second-order valence-corrected chi connectivity index (χ2v) is 18.5. The van der Waals surface area contributed by atoms with Gasteiger partial charge < -0.3 is 34.7 Å². The molecule has 66 heavy (non-hydrogen) atoms. The van der Waals surface area contributed by atoms with Gasteiger partial charge in [-0.1, -0.05) is 26.5 Å². The van der Waals surface area contributed by atoms with Gasteiger partial charge in [0.2, 0.25) is 5.91 Å². The average molecular weight is 906 g/mol. The lowest BCUT2D eigenvalue weighted by Gasteiger charge is -2.47. The Labute approximate surface area is 380 Å². The molecular formula is C48H54F3N11O4. The van der Waals surface area contributed by atoms with E-state index in [0.717, 1.165) is 50.5 Å². The fourth-order valence-corrected chi connectivity index (χ4v) is 10.2. The van der Waals surface area contributed by atoms with Crippen molar-refractivity contribution in [3.63, 3.8) is 0 Å². The number of aliphatic hydroxyl groups excluding tert-OH is 1. The molecule has 2 saturated heterocycles. The number of nitrogens with zero attached hydrogens (tertiary/aromatic N) is 9. The van der Waals surface area contributed by atoms with E-state index in [1.807, 2.05) is 23.1 Å². The molecule has 0 spiro atoms. The second-order valence-electron chi connectivity index (χ2n) is 18.5. The lowest BCUT2D eigenvalue weighted by molar-refractivity contribution is -0.141. The summed E-state index contributed by atoms with van der Waals surface area (Å²) >= 11 is 0. The number of benzene rings is 1. The summed E-state index contributed by atoms with van der Waals surface area (Å²) in [6.07, 6.45) is 3.25. The van der Waals surface area contributed by atoms with Crippen LogP contribution in [0, 0.1) is 5.41 Å². The fourth-order valence-electron chi connectivity index (χ4n) is 10.2. The molecule has 4 aliphatic rings. The maximum absolute atomic E-state index is 14.0. The molecule has 1 aliphatic carbocycles. The van der Waals surface area contributed by atoms with Gasteiger partial charge in [0.1, 0.15) is 23.0 Å². The number of piperidine rings is 1. The molecular weight excluding hydrogens is 852 g/mol. The number of fused-ring (bicyclic) bond motifs is 3. The number of carbonyl (C=O) groups excluding carboxylic acids is 2. The molecule has 1 aromatic carbocycles. The van der Waals surface area contributed by atoms with E-state index < -0.39 is 29.9 Å². The number of hydrogen-bond donors (Lipinski definition) is 3. The number of aromatic nitrogens is 5. The summed E-state index contributed by atoms with van der Waals surface area (Å²) in [6.45, 7) is 14.1. The summed E-state index contributed by atoms with van der Waals surface area (Å²) in [4.78, 5) is 61.9. The van der Waals surface area contributed by atoms with Crippen molar-refractivity contribution in [2.45, 2.75) is 77.9 Å². The normalized spacial score (nSPS) is 18.9. The molecule has 0 radical (unpaired) electrons. The minimum Gasteiger partial charge on any atom is -0.392 e. The first-order valence-corrected chi connectivity index (χ1v) is 22.4. The maximum atomic E-state index is 14.0. The quantitative estimate of drug-likeness (QED) is 0.134. The zero-order valence-electron chi connectivity index (χ0n) is 37.5. The number of pyridine rings is 2. The Balaban J connectivity index is 0.919. The van der Waals surface area contributed by atoms with Crippen molar-refractivity contribution in [2.75, 3.05) is 64.6 Å². The maximum Gasteiger partial charge on any atom is 0.433 e. The number of halogens is 3. The van der Waals surface area contributed by atoms with Crippen molar-refractivity contribution in [1.82, 2.24) is 29.0 Å². The molecule has 3 aliphatic heterocycles. The molecule has 0 saturated carbocycles. The summed E-state index contributed by atoms with van der Waals surface area (Å²) in [7, 11) is 1.61. The Morgan fingerprint density at radius 1 is 1.00 bits per heavy atom. The van der Waals surface area contributed by atoms with Crippen molar-refractivity contribution in [3.8, 4) is 11.3 Å². The van der Waals surface area contributed by atoms with Crippen molar-refractivity contribution in [1.29, 1.82) is 0 Å². The fraction of sp³-hybridized carbons (Fsp3) is 0.417. The first-order chi connectivity index (χ1) is 31.5. The monoisotopic (exact) mass is 905 g/mol. The molecule has 4 aromatic heterocycles. The molecule has 1 unspecified atom stereocenters. The third-order valence-electron chi connectivity index (χ3n) is 13.4. The molecule has 2 amide bonds. The van der Waals surface area contributed by atoms with E-state index in [4.69, 9.17) is 4.98 Å². The molecule has 5 aromatic rings. The van der Waals surface area contributed by atoms with E-state index in [9.17, 15) is 32.7 Å². The number of rotatable bonds is 10. The van der Waals surface area contributed by atoms with Gasteiger partial charge in [0.05, 0.1) is 23.7 Å². The summed E-state index contributed by atoms with van der Waals surface area (Å²) in [5.41, 5.74) is 4.95. The molecule has 18 heteroatoms. The number of alkyl halides is 3. The van der Waals surface area contributed by atoms with Gasteiger partial charge in [0, 0.05) is 99.8 Å². The van der Waals surface area contributed by atoms with Crippen LogP contribution in [0.2, 0.25) is 0 Å².